The Balaban J connectivity index is 2.63. The van der Waals surface area contributed by atoms with Gasteiger partial charge in [-0.05, 0) is 24.9 Å². The second kappa shape index (κ2) is 6.86. The van der Waals surface area contributed by atoms with E-state index in [-0.39, 0.29) is 17.3 Å². The highest BCUT2D eigenvalue weighted by atomic mass is 19.1. The summed E-state index contributed by atoms with van der Waals surface area (Å²) in [5.74, 6) is -0.200. The molecule has 0 saturated heterocycles. The fourth-order valence-electron chi connectivity index (χ4n) is 1.69. The molecule has 0 saturated carbocycles. The van der Waals surface area contributed by atoms with Gasteiger partial charge in [-0.3, -0.25) is 0 Å². The van der Waals surface area contributed by atoms with Gasteiger partial charge in [0, 0.05) is 18.7 Å². The number of likely N-dealkylation sites (N-methyl/N-ethyl adjacent to an activating group) is 1. The normalized spacial score (nSPS) is 13.6. The van der Waals surface area contributed by atoms with Crippen molar-refractivity contribution in [3.05, 3.63) is 35.6 Å². The molecule has 1 aromatic carbocycles. The highest BCUT2D eigenvalue weighted by molar-refractivity contribution is 5.20. The Morgan fingerprint density at radius 2 is 1.94 bits per heavy atom. The van der Waals surface area contributed by atoms with Gasteiger partial charge in [0.2, 0.25) is 0 Å². The van der Waals surface area contributed by atoms with Gasteiger partial charge >= 0.3 is 0 Å². The number of hydrogen-bond donors (Lipinski definition) is 1. The second-order valence-corrected chi connectivity index (χ2v) is 5.75. The molecule has 0 aliphatic rings. The van der Waals surface area contributed by atoms with Gasteiger partial charge in [0.15, 0.2) is 0 Å². The Morgan fingerprint density at radius 3 is 2.50 bits per heavy atom. The van der Waals surface area contributed by atoms with E-state index < -0.39 is 0 Å². The standard InChI is InChI=1S/C15H24FNO/c1-15(2,3)9-10-18-14(11-17-4)12-7-5-6-8-13(12)16/h5-8,14,17H,9-11H2,1-4H3. The minimum Gasteiger partial charge on any atom is -0.372 e. The number of rotatable bonds is 6. The van der Waals surface area contributed by atoms with Crippen LogP contribution in [-0.4, -0.2) is 20.2 Å². The smallest absolute Gasteiger partial charge is 0.129 e. The molecule has 0 heterocycles. The lowest BCUT2D eigenvalue weighted by Crippen LogP contribution is -2.22. The number of halogens is 1. The Hall–Kier alpha value is -0.930. The highest BCUT2D eigenvalue weighted by Gasteiger charge is 2.17. The Kier molecular flexibility index (Phi) is 5.76. The molecule has 3 heteroatoms. The van der Waals surface area contributed by atoms with Crippen molar-refractivity contribution < 1.29 is 9.13 Å². The molecular formula is C15H24FNO. The Labute approximate surface area is 110 Å². The summed E-state index contributed by atoms with van der Waals surface area (Å²) < 4.78 is 19.5. The monoisotopic (exact) mass is 253 g/mol. The maximum absolute atomic E-state index is 13.7. The van der Waals surface area contributed by atoms with Crippen LogP contribution in [-0.2, 0) is 4.74 Å². The molecule has 0 fully saturated rings. The minimum atomic E-state index is -0.224. The van der Waals surface area contributed by atoms with E-state index in [0.717, 1.165) is 6.42 Å². The lowest BCUT2D eigenvalue weighted by Gasteiger charge is -2.22. The predicted molar refractivity (Wildman–Crippen MR) is 73.1 cm³/mol. The number of ether oxygens (including phenoxy) is 1. The molecule has 0 radical (unpaired) electrons. The SMILES string of the molecule is CNCC(OCCC(C)(C)C)c1ccccc1F. The molecule has 0 aliphatic heterocycles. The van der Waals surface area contributed by atoms with Gasteiger partial charge in [0.05, 0.1) is 6.10 Å². The zero-order chi connectivity index (χ0) is 13.6. The van der Waals surface area contributed by atoms with Gasteiger partial charge in [0.1, 0.15) is 5.82 Å². The Morgan fingerprint density at radius 1 is 1.28 bits per heavy atom. The van der Waals surface area contributed by atoms with E-state index in [1.807, 2.05) is 13.1 Å². The predicted octanol–water partition coefficient (Wildman–Crippen LogP) is 3.54. The van der Waals surface area contributed by atoms with Crippen molar-refractivity contribution in [3.63, 3.8) is 0 Å². The first-order chi connectivity index (χ1) is 8.44. The molecule has 0 aromatic heterocycles. The van der Waals surface area contributed by atoms with E-state index in [0.29, 0.717) is 18.7 Å². The summed E-state index contributed by atoms with van der Waals surface area (Å²) in [7, 11) is 1.85. The fourth-order valence-corrected chi connectivity index (χ4v) is 1.69. The van der Waals surface area contributed by atoms with Crippen LogP contribution in [0.4, 0.5) is 4.39 Å². The van der Waals surface area contributed by atoms with E-state index in [9.17, 15) is 4.39 Å². The molecular weight excluding hydrogens is 229 g/mol. The van der Waals surface area contributed by atoms with Crippen LogP contribution in [0.1, 0.15) is 38.9 Å². The van der Waals surface area contributed by atoms with E-state index in [4.69, 9.17) is 4.74 Å². The van der Waals surface area contributed by atoms with Gasteiger partial charge < -0.3 is 10.1 Å². The van der Waals surface area contributed by atoms with Gasteiger partial charge in [-0.25, -0.2) is 4.39 Å². The quantitative estimate of drug-likeness (QED) is 0.837. The molecule has 1 aromatic rings. The van der Waals surface area contributed by atoms with Crippen molar-refractivity contribution >= 4 is 0 Å². The Bertz CT molecular complexity index is 360. The lowest BCUT2D eigenvalue weighted by atomic mass is 9.93. The first kappa shape index (κ1) is 15.1. The first-order valence-electron chi connectivity index (χ1n) is 6.44. The number of hydrogen-bond acceptors (Lipinski definition) is 2. The molecule has 0 aliphatic carbocycles. The van der Waals surface area contributed by atoms with Crippen molar-refractivity contribution in [2.45, 2.75) is 33.3 Å². The maximum Gasteiger partial charge on any atom is 0.129 e. The molecule has 0 bridgehead atoms. The lowest BCUT2D eigenvalue weighted by molar-refractivity contribution is 0.0360. The van der Waals surface area contributed by atoms with Crippen LogP contribution < -0.4 is 5.32 Å². The highest BCUT2D eigenvalue weighted by Crippen LogP contribution is 2.23. The van der Waals surface area contributed by atoms with Gasteiger partial charge in [0.25, 0.3) is 0 Å². The van der Waals surface area contributed by atoms with E-state index in [1.54, 1.807) is 12.1 Å². The molecule has 1 atom stereocenters. The third-order valence-corrected chi connectivity index (χ3v) is 2.81. The van der Waals surface area contributed by atoms with Crippen molar-refractivity contribution in [1.82, 2.24) is 5.32 Å². The number of benzene rings is 1. The molecule has 1 rings (SSSR count). The summed E-state index contributed by atoms with van der Waals surface area (Å²) in [4.78, 5) is 0. The largest absolute Gasteiger partial charge is 0.372 e. The molecule has 0 amide bonds. The molecule has 2 nitrogen and oxygen atoms in total. The van der Waals surface area contributed by atoms with Crippen molar-refractivity contribution in [2.75, 3.05) is 20.2 Å². The average molecular weight is 253 g/mol. The van der Waals surface area contributed by atoms with E-state index in [2.05, 4.69) is 26.1 Å². The molecule has 1 unspecified atom stereocenters. The van der Waals surface area contributed by atoms with Crippen LogP contribution in [0.2, 0.25) is 0 Å². The summed E-state index contributed by atoms with van der Waals surface area (Å²) in [6.45, 7) is 7.78. The van der Waals surface area contributed by atoms with Crippen molar-refractivity contribution in [3.8, 4) is 0 Å². The van der Waals surface area contributed by atoms with Crippen molar-refractivity contribution in [1.29, 1.82) is 0 Å². The van der Waals surface area contributed by atoms with Gasteiger partial charge in [-0.15, -0.1) is 0 Å². The van der Waals surface area contributed by atoms with Crippen LogP contribution >= 0.6 is 0 Å². The summed E-state index contributed by atoms with van der Waals surface area (Å²) in [5.41, 5.74) is 0.861. The summed E-state index contributed by atoms with van der Waals surface area (Å²) in [6.07, 6.45) is 0.736. The summed E-state index contributed by atoms with van der Waals surface area (Å²) in [5, 5.41) is 3.05. The van der Waals surface area contributed by atoms with Crippen LogP contribution in [0, 0.1) is 11.2 Å². The second-order valence-electron chi connectivity index (χ2n) is 5.75. The van der Waals surface area contributed by atoms with Crippen LogP contribution in [0.25, 0.3) is 0 Å². The maximum atomic E-state index is 13.7. The van der Waals surface area contributed by atoms with Gasteiger partial charge in [-0.1, -0.05) is 39.0 Å². The molecule has 102 valence electrons. The van der Waals surface area contributed by atoms with Crippen molar-refractivity contribution in [2.24, 2.45) is 5.41 Å². The molecule has 1 N–H and O–H groups in total. The third kappa shape index (κ3) is 5.15. The number of nitrogens with one attached hydrogen (secondary N) is 1. The summed E-state index contributed by atoms with van der Waals surface area (Å²) >= 11 is 0. The zero-order valence-electron chi connectivity index (χ0n) is 11.8. The van der Waals surface area contributed by atoms with Crippen LogP contribution in [0.15, 0.2) is 24.3 Å². The first-order valence-corrected chi connectivity index (χ1v) is 6.44. The third-order valence-electron chi connectivity index (χ3n) is 2.81. The zero-order valence-corrected chi connectivity index (χ0v) is 11.8. The van der Waals surface area contributed by atoms with E-state index in [1.165, 1.54) is 6.07 Å². The topological polar surface area (TPSA) is 21.3 Å². The van der Waals surface area contributed by atoms with Crippen LogP contribution in [0.3, 0.4) is 0 Å². The van der Waals surface area contributed by atoms with Gasteiger partial charge in [-0.2, -0.15) is 0 Å². The summed E-state index contributed by atoms with van der Waals surface area (Å²) in [6, 6.07) is 6.80. The van der Waals surface area contributed by atoms with Crippen LogP contribution in [0.5, 0.6) is 0 Å². The fraction of sp³-hybridized carbons (Fsp3) is 0.600. The molecule has 0 spiro atoms. The average Bonchev–Trinajstić information content (AvgIpc) is 2.27. The molecule has 18 heavy (non-hydrogen) atoms. The van der Waals surface area contributed by atoms with E-state index >= 15 is 0 Å². The minimum absolute atomic E-state index is 0.200.